The number of hydrogen-bond acceptors (Lipinski definition) is 3. The largest absolute Gasteiger partial charge is 0.391 e. The number of aliphatic hydroxyl groups excluding tert-OH is 1. The fraction of sp³-hybridized carbons (Fsp3) is 0.846. The zero-order valence-electron chi connectivity index (χ0n) is 11.2. The van der Waals surface area contributed by atoms with Gasteiger partial charge in [-0.3, -0.25) is 14.5 Å². The van der Waals surface area contributed by atoms with E-state index in [1.54, 1.807) is 0 Å². The summed E-state index contributed by atoms with van der Waals surface area (Å²) in [5, 5.41) is 9.89. The van der Waals surface area contributed by atoms with Crippen molar-refractivity contribution in [3.8, 4) is 0 Å². The molecule has 1 fully saturated rings. The second kappa shape index (κ2) is 5.17. The van der Waals surface area contributed by atoms with Gasteiger partial charge in [0.25, 0.3) is 0 Å². The highest BCUT2D eigenvalue weighted by atomic mass is 16.3. The molecule has 0 aliphatic carbocycles. The number of carbonyl (C=O) groups excluding carboxylic acids is 2. The molecule has 1 N–H and O–H groups in total. The monoisotopic (exact) mass is 241 g/mol. The van der Waals surface area contributed by atoms with Gasteiger partial charge in [-0.05, 0) is 17.8 Å². The Morgan fingerprint density at radius 2 is 1.76 bits per heavy atom. The number of imide groups is 1. The standard InChI is InChI=1S/C13H23NO3/c1-9-5-11(16)14(12(17)6-9)8-10(15)7-13(2,3)4/h9-10,15H,5-8H2,1-4H3. The Bertz CT molecular complexity index is 288. The number of likely N-dealkylation sites (tertiary alicyclic amines) is 1. The van der Waals surface area contributed by atoms with Crippen LogP contribution in [-0.4, -0.2) is 34.5 Å². The molecule has 98 valence electrons. The summed E-state index contributed by atoms with van der Waals surface area (Å²) >= 11 is 0. The lowest BCUT2D eigenvalue weighted by Crippen LogP contribution is -2.46. The van der Waals surface area contributed by atoms with Gasteiger partial charge in [0, 0.05) is 12.8 Å². The van der Waals surface area contributed by atoms with Crippen molar-refractivity contribution in [1.82, 2.24) is 4.90 Å². The molecule has 1 saturated heterocycles. The van der Waals surface area contributed by atoms with E-state index in [2.05, 4.69) is 0 Å². The molecule has 0 spiro atoms. The summed E-state index contributed by atoms with van der Waals surface area (Å²) in [4.78, 5) is 24.6. The lowest BCUT2D eigenvalue weighted by molar-refractivity contribution is -0.151. The molecule has 0 aromatic heterocycles. The van der Waals surface area contributed by atoms with Gasteiger partial charge in [0.05, 0.1) is 12.6 Å². The third-order valence-corrected chi connectivity index (χ3v) is 2.89. The average molecular weight is 241 g/mol. The predicted molar refractivity (Wildman–Crippen MR) is 65.2 cm³/mol. The topological polar surface area (TPSA) is 57.6 Å². The van der Waals surface area contributed by atoms with Gasteiger partial charge in [-0.1, -0.05) is 27.7 Å². The number of aliphatic hydroxyl groups is 1. The van der Waals surface area contributed by atoms with Crippen LogP contribution in [0.4, 0.5) is 0 Å². The normalized spacial score (nSPS) is 20.9. The molecule has 0 radical (unpaired) electrons. The van der Waals surface area contributed by atoms with Gasteiger partial charge < -0.3 is 5.11 Å². The molecule has 1 rings (SSSR count). The molecule has 1 heterocycles. The van der Waals surface area contributed by atoms with Crippen molar-refractivity contribution < 1.29 is 14.7 Å². The van der Waals surface area contributed by atoms with E-state index in [-0.39, 0.29) is 29.7 Å². The van der Waals surface area contributed by atoms with Crippen molar-refractivity contribution in [1.29, 1.82) is 0 Å². The van der Waals surface area contributed by atoms with Crippen LogP contribution in [0.25, 0.3) is 0 Å². The summed E-state index contributed by atoms with van der Waals surface area (Å²) in [6.45, 7) is 8.12. The van der Waals surface area contributed by atoms with Gasteiger partial charge in [-0.25, -0.2) is 0 Å². The van der Waals surface area contributed by atoms with Gasteiger partial charge >= 0.3 is 0 Å². The molecule has 2 amide bonds. The molecule has 0 bridgehead atoms. The predicted octanol–water partition coefficient (Wildman–Crippen LogP) is 1.57. The number of β-amino-alcohol motifs (C(OH)–C–C–N with tert-alkyl or cyclic N) is 1. The summed E-state index contributed by atoms with van der Waals surface area (Å²) in [7, 11) is 0. The number of amides is 2. The molecule has 0 saturated carbocycles. The Labute approximate surface area is 103 Å². The highest BCUT2D eigenvalue weighted by Gasteiger charge is 2.32. The van der Waals surface area contributed by atoms with E-state index in [4.69, 9.17) is 0 Å². The van der Waals surface area contributed by atoms with Crippen LogP contribution in [0.15, 0.2) is 0 Å². The molecular formula is C13H23NO3. The third-order valence-electron chi connectivity index (χ3n) is 2.89. The van der Waals surface area contributed by atoms with E-state index in [0.29, 0.717) is 19.3 Å². The molecule has 0 aromatic carbocycles. The molecular weight excluding hydrogens is 218 g/mol. The lowest BCUT2D eigenvalue weighted by atomic mass is 9.88. The van der Waals surface area contributed by atoms with E-state index < -0.39 is 6.10 Å². The number of carbonyl (C=O) groups is 2. The molecule has 17 heavy (non-hydrogen) atoms. The average Bonchev–Trinajstić information content (AvgIpc) is 2.08. The van der Waals surface area contributed by atoms with Gasteiger partial charge in [0.1, 0.15) is 0 Å². The fourth-order valence-corrected chi connectivity index (χ4v) is 2.21. The molecule has 1 unspecified atom stereocenters. The minimum Gasteiger partial charge on any atom is -0.391 e. The first-order chi connectivity index (χ1) is 7.69. The van der Waals surface area contributed by atoms with Crippen LogP contribution in [0.3, 0.4) is 0 Å². The minimum atomic E-state index is -0.628. The zero-order valence-corrected chi connectivity index (χ0v) is 11.2. The first kappa shape index (κ1) is 14.2. The first-order valence-electron chi connectivity index (χ1n) is 6.20. The Morgan fingerprint density at radius 1 is 1.29 bits per heavy atom. The van der Waals surface area contributed by atoms with Crippen molar-refractivity contribution in [3.05, 3.63) is 0 Å². The number of nitrogens with zero attached hydrogens (tertiary/aromatic N) is 1. The molecule has 1 atom stereocenters. The van der Waals surface area contributed by atoms with Gasteiger partial charge in [0.2, 0.25) is 11.8 Å². The maximum absolute atomic E-state index is 11.7. The molecule has 1 aliphatic rings. The Kier molecular flexibility index (Phi) is 4.31. The molecule has 4 nitrogen and oxygen atoms in total. The second-order valence-corrected chi connectivity index (χ2v) is 6.33. The Hall–Kier alpha value is -0.900. The van der Waals surface area contributed by atoms with Crippen molar-refractivity contribution in [3.63, 3.8) is 0 Å². The highest BCUT2D eigenvalue weighted by Crippen LogP contribution is 2.23. The fourth-order valence-electron chi connectivity index (χ4n) is 2.21. The molecule has 0 aromatic rings. The lowest BCUT2D eigenvalue weighted by Gasteiger charge is -2.31. The van der Waals surface area contributed by atoms with Crippen molar-refractivity contribution in [2.24, 2.45) is 11.3 Å². The van der Waals surface area contributed by atoms with Crippen LogP contribution in [0.1, 0.15) is 47.0 Å². The number of hydrogen-bond donors (Lipinski definition) is 1. The maximum Gasteiger partial charge on any atom is 0.229 e. The zero-order chi connectivity index (χ0) is 13.2. The Morgan fingerprint density at radius 3 is 2.18 bits per heavy atom. The SMILES string of the molecule is CC1CC(=O)N(CC(O)CC(C)(C)C)C(=O)C1. The van der Waals surface area contributed by atoms with Gasteiger partial charge in [0.15, 0.2) is 0 Å². The van der Waals surface area contributed by atoms with E-state index in [1.807, 2.05) is 27.7 Å². The van der Waals surface area contributed by atoms with E-state index in [1.165, 1.54) is 4.90 Å². The molecule has 1 aliphatic heterocycles. The van der Waals surface area contributed by atoms with Crippen LogP contribution in [0.5, 0.6) is 0 Å². The first-order valence-corrected chi connectivity index (χ1v) is 6.20. The van der Waals surface area contributed by atoms with Gasteiger partial charge in [-0.15, -0.1) is 0 Å². The van der Waals surface area contributed by atoms with Crippen LogP contribution < -0.4 is 0 Å². The summed E-state index contributed by atoms with van der Waals surface area (Å²) in [6, 6.07) is 0. The highest BCUT2D eigenvalue weighted by molar-refractivity contribution is 5.97. The summed E-state index contributed by atoms with van der Waals surface area (Å²) in [5.41, 5.74) is -0.00537. The van der Waals surface area contributed by atoms with E-state index in [9.17, 15) is 14.7 Å². The third kappa shape index (κ3) is 4.46. The quantitative estimate of drug-likeness (QED) is 0.763. The Balaban J connectivity index is 2.56. The smallest absolute Gasteiger partial charge is 0.229 e. The van der Waals surface area contributed by atoms with Crippen molar-refractivity contribution in [2.75, 3.05) is 6.54 Å². The van der Waals surface area contributed by atoms with Crippen LogP contribution in [-0.2, 0) is 9.59 Å². The van der Waals surface area contributed by atoms with Crippen LogP contribution in [0, 0.1) is 11.3 Å². The summed E-state index contributed by atoms with van der Waals surface area (Å²) in [5.74, 6) is -0.172. The number of rotatable bonds is 3. The number of piperidine rings is 1. The van der Waals surface area contributed by atoms with Crippen LogP contribution in [0.2, 0.25) is 0 Å². The van der Waals surface area contributed by atoms with E-state index in [0.717, 1.165) is 0 Å². The summed E-state index contributed by atoms with van der Waals surface area (Å²) in [6.07, 6.45) is 0.776. The van der Waals surface area contributed by atoms with Gasteiger partial charge in [-0.2, -0.15) is 0 Å². The molecule has 4 heteroatoms. The second-order valence-electron chi connectivity index (χ2n) is 6.33. The van der Waals surface area contributed by atoms with Crippen LogP contribution >= 0.6 is 0 Å². The van der Waals surface area contributed by atoms with Crippen molar-refractivity contribution >= 4 is 11.8 Å². The van der Waals surface area contributed by atoms with E-state index >= 15 is 0 Å². The minimum absolute atomic E-state index is 0.00537. The maximum atomic E-state index is 11.7. The summed E-state index contributed by atoms with van der Waals surface area (Å²) < 4.78 is 0. The van der Waals surface area contributed by atoms with Crippen molar-refractivity contribution in [2.45, 2.75) is 53.1 Å².